The second-order valence-corrected chi connectivity index (χ2v) is 12.9. The van der Waals surface area contributed by atoms with Crippen molar-refractivity contribution in [1.29, 1.82) is 0 Å². The van der Waals surface area contributed by atoms with Gasteiger partial charge in [0.1, 0.15) is 5.60 Å². The van der Waals surface area contributed by atoms with Gasteiger partial charge in [0.15, 0.2) is 0 Å². The van der Waals surface area contributed by atoms with E-state index in [2.05, 4.69) is 38.3 Å². The van der Waals surface area contributed by atoms with Crippen molar-refractivity contribution in [1.82, 2.24) is 19.8 Å². The fraction of sp³-hybridized carbons (Fsp3) is 0.529. The third kappa shape index (κ3) is 10.3. The number of aromatic nitrogens is 2. The van der Waals surface area contributed by atoms with E-state index in [0.29, 0.717) is 61.5 Å². The Bertz CT molecular complexity index is 1390. The highest BCUT2D eigenvalue weighted by molar-refractivity contribution is 5.98. The van der Waals surface area contributed by atoms with E-state index in [1.165, 1.54) is 7.11 Å². The van der Waals surface area contributed by atoms with E-state index in [1.54, 1.807) is 24.3 Å². The zero-order chi connectivity index (χ0) is 32.4. The molecule has 44 heavy (non-hydrogen) atoms. The number of methoxy groups -OCH3 is 1. The lowest BCUT2D eigenvalue weighted by molar-refractivity contribution is 0.0525. The van der Waals surface area contributed by atoms with Crippen LogP contribution >= 0.6 is 0 Å². The molecule has 0 radical (unpaired) electrons. The van der Waals surface area contributed by atoms with Crippen LogP contribution in [0.1, 0.15) is 88.4 Å². The first-order valence-electron chi connectivity index (χ1n) is 15.5. The number of amides is 2. The Labute approximate surface area is 261 Å². The molecule has 2 aromatic carbocycles. The molecule has 240 valence electrons. The van der Waals surface area contributed by atoms with Crippen LogP contribution in [0, 0.1) is 11.8 Å². The van der Waals surface area contributed by atoms with Crippen molar-refractivity contribution in [3.8, 4) is 0 Å². The van der Waals surface area contributed by atoms with Gasteiger partial charge in [0.25, 0.3) is 5.91 Å². The number of carbonyl (C=O) groups excluding carboxylic acids is 3. The van der Waals surface area contributed by atoms with Gasteiger partial charge >= 0.3 is 12.1 Å². The minimum absolute atomic E-state index is 0.0143. The number of imidazole rings is 1. The van der Waals surface area contributed by atoms with Crippen LogP contribution in [0.15, 0.2) is 42.5 Å². The summed E-state index contributed by atoms with van der Waals surface area (Å²) in [5.74, 6) is 1.19. The molecule has 0 saturated carbocycles. The summed E-state index contributed by atoms with van der Waals surface area (Å²) in [5, 5.41) is 6.17. The van der Waals surface area contributed by atoms with Crippen molar-refractivity contribution in [2.75, 3.05) is 32.1 Å². The molecule has 0 aliphatic rings. The summed E-state index contributed by atoms with van der Waals surface area (Å²) >= 11 is 0. The number of nitrogens with zero attached hydrogens (tertiary/aromatic N) is 3. The van der Waals surface area contributed by atoms with Gasteiger partial charge < -0.3 is 29.6 Å². The van der Waals surface area contributed by atoms with E-state index < -0.39 is 17.7 Å². The second-order valence-electron chi connectivity index (χ2n) is 12.9. The highest BCUT2D eigenvalue weighted by Gasteiger charge is 2.20. The van der Waals surface area contributed by atoms with Crippen LogP contribution in [0.2, 0.25) is 0 Å². The number of ether oxygens (including phenoxy) is 2. The van der Waals surface area contributed by atoms with E-state index in [0.717, 1.165) is 29.6 Å². The fourth-order valence-electron chi connectivity index (χ4n) is 4.58. The van der Waals surface area contributed by atoms with Crippen LogP contribution in [-0.4, -0.2) is 64.8 Å². The summed E-state index contributed by atoms with van der Waals surface area (Å²) in [5.41, 5.74) is 2.79. The van der Waals surface area contributed by atoms with Crippen LogP contribution in [0.3, 0.4) is 0 Å². The molecule has 1 heterocycles. The SMILES string of the molecule is COC(=O)c1ccc(Nc2nc3ccc(C(=O)N(CCC(C)C)CCC(C)C)cc3n2CCCNC(=O)OC(C)(C)C)cc1. The largest absolute Gasteiger partial charge is 0.465 e. The molecule has 10 heteroatoms. The van der Waals surface area contributed by atoms with Gasteiger partial charge in [-0.3, -0.25) is 4.79 Å². The number of benzene rings is 2. The van der Waals surface area contributed by atoms with Gasteiger partial charge in [0.2, 0.25) is 5.95 Å². The number of rotatable bonds is 14. The molecule has 0 atom stereocenters. The molecule has 0 bridgehead atoms. The number of hydrogen-bond acceptors (Lipinski definition) is 7. The van der Waals surface area contributed by atoms with Crippen molar-refractivity contribution in [3.05, 3.63) is 53.6 Å². The van der Waals surface area contributed by atoms with Crippen molar-refractivity contribution >= 4 is 40.6 Å². The van der Waals surface area contributed by atoms with Gasteiger partial charge in [-0.25, -0.2) is 14.6 Å². The summed E-state index contributed by atoms with van der Waals surface area (Å²) in [4.78, 5) is 44.6. The zero-order valence-electron chi connectivity index (χ0n) is 27.5. The standard InChI is InChI=1S/C34H49N5O5/c1-23(2)16-20-38(21-17-24(3)4)30(40)26-12-15-28-29(22-26)39(19-9-18-35-33(42)44-34(5,6)7)32(37-28)36-27-13-10-25(11-14-27)31(41)43-8/h10-15,22-24H,9,16-21H2,1-8H3,(H,35,42)(H,36,37). The predicted octanol–water partition coefficient (Wildman–Crippen LogP) is 7.02. The number of hydrogen-bond donors (Lipinski definition) is 2. The molecule has 0 aliphatic carbocycles. The third-order valence-electron chi connectivity index (χ3n) is 7.02. The number of nitrogens with one attached hydrogen (secondary N) is 2. The first-order valence-corrected chi connectivity index (χ1v) is 15.5. The lowest BCUT2D eigenvalue weighted by Gasteiger charge is -2.24. The average molecular weight is 608 g/mol. The predicted molar refractivity (Wildman–Crippen MR) is 174 cm³/mol. The number of aryl methyl sites for hydroxylation is 1. The molecular weight excluding hydrogens is 558 g/mol. The highest BCUT2D eigenvalue weighted by Crippen LogP contribution is 2.26. The fourth-order valence-corrected chi connectivity index (χ4v) is 4.58. The normalized spacial score (nSPS) is 11.6. The van der Waals surface area contributed by atoms with Gasteiger partial charge in [-0.2, -0.15) is 0 Å². The zero-order valence-corrected chi connectivity index (χ0v) is 27.5. The smallest absolute Gasteiger partial charge is 0.407 e. The molecule has 0 unspecified atom stereocenters. The highest BCUT2D eigenvalue weighted by atomic mass is 16.6. The minimum Gasteiger partial charge on any atom is -0.465 e. The molecule has 0 spiro atoms. The Kier molecular flexibility index (Phi) is 12.2. The molecule has 0 fully saturated rings. The summed E-state index contributed by atoms with van der Waals surface area (Å²) in [6, 6.07) is 12.6. The maximum Gasteiger partial charge on any atom is 0.407 e. The monoisotopic (exact) mass is 607 g/mol. The number of alkyl carbamates (subject to hydrolysis) is 1. The quantitative estimate of drug-likeness (QED) is 0.150. The van der Waals surface area contributed by atoms with E-state index in [1.807, 2.05) is 48.4 Å². The van der Waals surface area contributed by atoms with Crippen LogP contribution in [0.4, 0.5) is 16.4 Å². The first-order chi connectivity index (χ1) is 20.8. The summed E-state index contributed by atoms with van der Waals surface area (Å²) in [6.07, 6.45) is 2.02. The molecule has 2 N–H and O–H groups in total. The number of esters is 1. The molecule has 0 saturated heterocycles. The molecule has 2 amide bonds. The van der Waals surface area contributed by atoms with Crippen LogP contribution < -0.4 is 10.6 Å². The van der Waals surface area contributed by atoms with Gasteiger partial charge in [0, 0.05) is 37.4 Å². The van der Waals surface area contributed by atoms with Crippen molar-refractivity contribution in [2.24, 2.45) is 11.8 Å². The van der Waals surface area contributed by atoms with E-state index in [4.69, 9.17) is 14.5 Å². The molecule has 3 aromatic rings. The van der Waals surface area contributed by atoms with Crippen molar-refractivity contribution < 1.29 is 23.9 Å². The average Bonchev–Trinajstić information content (AvgIpc) is 3.29. The Morgan fingerprint density at radius 1 is 0.932 bits per heavy atom. The Hall–Kier alpha value is -4.08. The molecule has 0 aliphatic heterocycles. The Morgan fingerprint density at radius 2 is 1.55 bits per heavy atom. The number of fused-ring (bicyclic) bond motifs is 1. The van der Waals surface area contributed by atoms with Gasteiger partial charge in [-0.15, -0.1) is 0 Å². The van der Waals surface area contributed by atoms with E-state index in [-0.39, 0.29) is 5.91 Å². The third-order valence-corrected chi connectivity index (χ3v) is 7.02. The Morgan fingerprint density at radius 3 is 2.11 bits per heavy atom. The van der Waals surface area contributed by atoms with E-state index >= 15 is 0 Å². The molecule has 3 rings (SSSR count). The van der Waals surface area contributed by atoms with Crippen LogP contribution in [0.25, 0.3) is 11.0 Å². The lowest BCUT2D eigenvalue weighted by Crippen LogP contribution is -2.34. The maximum absolute atomic E-state index is 13.8. The minimum atomic E-state index is -0.577. The lowest BCUT2D eigenvalue weighted by atomic mass is 10.1. The Balaban J connectivity index is 1.91. The summed E-state index contributed by atoms with van der Waals surface area (Å²) in [7, 11) is 1.35. The van der Waals surface area contributed by atoms with Gasteiger partial charge in [0.05, 0.1) is 23.7 Å². The number of carbonyl (C=O) groups is 3. The van der Waals surface area contributed by atoms with Gasteiger partial charge in [-0.1, -0.05) is 27.7 Å². The van der Waals surface area contributed by atoms with Crippen LogP contribution in [0.5, 0.6) is 0 Å². The van der Waals surface area contributed by atoms with Crippen molar-refractivity contribution in [2.45, 2.75) is 79.9 Å². The van der Waals surface area contributed by atoms with Gasteiger partial charge in [-0.05, 0) is 94.3 Å². The summed E-state index contributed by atoms with van der Waals surface area (Å²) < 4.78 is 12.2. The maximum atomic E-state index is 13.8. The second kappa shape index (κ2) is 15.6. The summed E-state index contributed by atoms with van der Waals surface area (Å²) in [6.45, 7) is 16.5. The van der Waals surface area contributed by atoms with E-state index in [9.17, 15) is 14.4 Å². The van der Waals surface area contributed by atoms with Crippen LogP contribution in [-0.2, 0) is 16.0 Å². The molecule has 10 nitrogen and oxygen atoms in total. The topological polar surface area (TPSA) is 115 Å². The molecular formula is C34H49N5O5. The first kappa shape index (κ1) is 34.4. The number of anilines is 2. The molecule has 1 aromatic heterocycles. The van der Waals surface area contributed by atoms with Crippen molar-refractivity contribution in [3.63, 3.8) is 0 Å².